The van der Waals surface area contributed by atoms with Crippen molar-refractivity contribution in [3.05, 3.63) is 76.8 Å². The number of nitro groups is 1. The molecule has 0 aromatic heterocycles. The number of benzene rings is 3. The van der Waals surface area contributed by atoms with Crippen LogP contribution in [0, 0.1) is 10.1 Å². The number of nitrogens with one attached hydrogen (secondary N) is 1. The fourth-order valence-corrected chi connectivity index (χ4v) is 5.16. The molecule has 1 heterocycles. The van der Waals surface area contributed by atoms with Gasteiger partial charge in [0.25, 0.3) is 5.69 Å². The highest BCUT2D eigenvalue weighted by molar-refractivity contribution is 7.89. The van der Waals surface area contributed by atoms with Gasteiger partial charge in [-0.3, -0.25) is 19.8 Å². The van der Waals surface area contributed by atoms with Crippen LogP contribution in [0.15, 0.2) is 71.6 Å². The van der Waals surface area contributed by atoms with Crippen LogP contribution in [0.2, 0.25) is 0 Å². The summed E-state index contributed by atoms with van der Waals surface area (Å²) in [5.74, 6) is -0.309. The second kappa shape index (κ2) is 9.03. The van der Waals surface area contributed by atoms with E-state index in [4.69, 9.17) is 0 Å². The molecule has 0 spiro atoms. The molecule has 1 aliphatic heterocycles. The number of amides is 1. The largest absolute Gasteiger partial charge is 0.325 e. The zero-order chi connectivity index (χ0) is 22.7. The smallest absolute Gasteiger partial charge is 0.271 e. The van der Waals surface area contributed by atoms with Gasteiger partial charge in [0, 0.05) is 44.0 Å². The van der Waals surface area contributed by atoms with Crippen molar-refractivity contribution in [1.82, 2.24) is 9.21 Å². The summed E-state index contributed by atoms with van der Waals surface area (Å²) in [4.78, 5) is 24.8. The highest BCUT2D eigenvalue weighted by Crippen LogP contribution is 2.23. The van der Waals surface area contributed by atoms with Crippen molar-refractivity contribution in [1.29, 1.82) is 0 Å². The predicted octanol–water partition coefficient (Wildman–Crippen LogP) is 2.69. The van der Waals surface area contributed by atoms with E-state index in [0.717, 1.165) is 10.8 Å². The third-order valence-electron chi connectivity index (χ3n) is 5.40. The lowest BCUT2D eigenvalue weighted by Crippen LogP contribution is -2.50. The fourth-order valence-electron chi connectivity index (χ4n) is 3.71. The van der Waals surface area contributed by atoms with E-state index in [-0.39, 0.29) is 36.1 Å². The number of piperazine rings is 1. The lowest BCUT2D eigenvalue weighted by Gasteiger charge is -2.33. The molecular weight excluding hydrogens is 432 g/mol. The van der Waals surface area contributed by atoms with Crippen LogP contribution in [0.1, 0.15) is 0 Å². The Balaban J connectivity index is 1.35. The normalized spacial score (nSPS) is 15.5. The molecule has 10 heteroatoms. The Labute approximate surface area is 185 Å². The average molecular weight is 455 g/mol. The van der Waals surface area contributed by atoms with Crippen molar-refractivity contribution in [2.24, 2.45) is 0 Å². The van der Waals surface area contributed by atoms with E-state index < -0.39 is 14.9 Å². The van der Waals surface area contributed by atoms with Gasteiger partial charge in [-0.1, -0.05) is 36.4 Å². The van der Waals surface area contributed by atoms with E-state index in [2.05, 4.69) is 5.32 Å². The number of nitro benzene ring substituents is 1. The van der Waals surface area contributed by atoms with Crippen LogP contribution in [0.3, 0.4) is 0 Å². The number of non-ortho nitro benzene ring substituents is 1. The predicted molar refractivity (Wildman–Crippen MR) is 121 cm³/mol. The van der Waals surface area contributed by atoms with E-state index >= 15 is 0 Å². The fraction of sp³-hybridized carbons (Fsp3) is 0.227. The summed E-state index contributed by atoms with van der Waals surface area (Å²) in [6.07, 6.45) is 0. The van der Waals surface area contributed by atoms with Crippen LogP contribution >= 0.6 is 0 Å². The second-order valence-electron chi connectivity index (χ2n) is 7.54. The van der Waals surface area contributed by atoms with Crippen molar-refractivity contribution in [3.8, 4) is 0 Å². The summed E-state index contributed by atoms with van der Waals surface area (Å²) in [5, 5.41) is 15.4. The van der Waals surface area contributed by atoms with Gasteiger partial charge in [0.2, 0.25) is 15.9 Å². The molecule has 9 nitrogen and oxygen atoms in total. The molecule has 1 fully saturated rings. The van der Waals surface area contributed by atoms with Crippen LogP contribution < -0.4 is 5.32 Å². The number of carbonyl (C=O) groups excluding carboxylic acids is 1. The monoisotopic (exact) mass is 454 g/mol. The standard InChI is InChI=1S/C22H22N4O5S/c27-22(23-19-6-3-7-20(15-19)26(28)29)16-24-10-12-25(13-11-24)32(30,31)21-9-8-17-4-1-2-5-18(17)14-21/h1-9,14-15H,10-13,16H2,(H,23,27). The van der Waals surface area contributed by atoms with Crippen LogP contribution in [-0.2, 0) is 14.8 Å². The molecule has 0 aliphatic carbocycles. The molecule has 0 saturated carbocycles. The number of nitrogens with zero attached hydrogens (tertiary/aromatic N) is 3. The summed E-state index contributed by atoms with van der Waals surface area (Å²) in [7, 11) is -3.62. The van der Waals surface area contributed by atoms with Crippen molar-refractivity contribution in [3.63, 3.8) is 0 Å². The molecule has 1 N–H and O–H groups in total. The minimum Gasteiger partial charge on any atom is -0.325 e. The summed E-state index contributed by atoms with van der Waals surface area (Å²) < 4.78 is 27.6. The number of hydrogen-bond donors (Lipinski definition) is 1. The molecular formula is C22H22N4O5S. The molecule has 166 valence electrons. The Bertz CT molecular complexity index is 1270. The van der Waals surface area contributed by atoms with Gasteiger partial charge < -0.3 is 5.32 Å². The van der Waals surface area contributed by atoms with Crippen LogP contribution in [0.5, 0.6) is 0 Å². The Morgan fingerprint density at radius 2 is 1.66 bits per heavy atom. The number of fused-ring (bicyclic) bond motifs is 1. The topological polar surface area (TPSA) is 113 Å². The molecule has 0 bridgehead atoms. The molecule has 32 heavy (non-hydrogen) atoms. The van der Waals surface area contributed by atoms with Crippen molar-refractivity contribution in [2.45, 2.75) is 4.90 Å². The maximum absolute atomic E-state index is 13.1. The molecule has 1 saturated heterocycles. The highest BCUT2D eigenvalue weighted by Gasteiger charge is 2.29. The van der Waals surface area contributed by atoms with Gasteiger partial charge >= 0.3 is 0 Å². The van der Waals surface area contributed by atoms with Gasteiger partial charge in [0.15, 0.2) is 0 Å². The number of hydrogen-bond acceptors (Lipinski definition) is 6. The van der Waals surface area contributed by atoms with Gasteiger partial charge in [-0.05, 0) is 29.0 Å². The van der Waals surface area contributed by atoms with Crippen molar-refractivity contribution >= 4 is 38.1 Å². The van der Waals surface area contributed by atoms with E-state index in [9.17, 15) is 23.3 Å². The summed E-state index contributed by atoms with van der Waals surface area (Å²) in [5.41, 5.74) is 0.247. The lowest BCUT2D eigenvalue weighted by atomic mass is 10.1. The lowest BCUT2D eigenvalue weighted by molar-refractivity contribution is -0.384. The van der Waals surface area contributed by atoms with Gasteiger partial charge in [0.1, 0.15) is 0 Å². The Morgan fingerprint density at radius 3 is 2.38 bits per heavy atom. The quantitative estimate of drug-likeness (QED) is 0.453. The van der Waals surface area contributed by atoms with Gasteiger partial charge in [-0.25, -0.2) is 8.42 Å². The van der Waals surface area contributed by atoms with E-state index in [1.807, 2.05) is 29.2 Å². The molecule has 1 amide bonds. The van der Waals surface area contributed by atoms with Gasteiger partial charge in [-0.15, -0.1) is 0 Å². The summed E-state index contributed by atoms with van der Waals surface area (Å²) in [6, 6.07) is 18.4. The van der Waals surface area contributed by atoms with E-state index in [1.165, 1.54) is 22.5 Å². The summed E-state index contributed by atoms with van der Waals surface area (Å²) in [6.45, 7) is 1.45. The summed E-state index contributed by atoms with van der Waals surface area (Å²) >= 11 is 0. The molecule has 3 aromatic carbocycles. The number of carbonyl (C=O) groups is 1. The molecule has 1 aliphatic rings. The first-order chi connectivity index (χ1) is 15.3. The first-order valence-corrected chi connectivity index (χ1v) is 11.5. The highest BCUT2D eigenvalue weighted by atomic mass is 32.2. The van der Waals surface area contributed by atoms with E-state index in [0.29, 0.717) is 18.8 Å². The van der Waals surface area contributed by atoms with Gasteiger partial charge in [0.05, 0.1) is 16.4 Å². The first kappa shape index (κ1) is 21.9. The third kappa shape index (κ3) is 4.77. The Hall–Kier alpha value is -3.34. The van der Waals surface area contributed by atoms with Crippen LogP contribution in [0.4, 0.5) is 11.4 Å². The molecule has 3 aromatic rings. The second-order valence-corrected chi connectivity index (χ2v) is 9.48. The van der Waals surface area contributed by atoms with Crippen molar-refractivity contribution in [2.75, 3.05) is 38.0 Å². The zero-order valence-electron chi connectivity index (χ0n) is 17.2. The van der Waals surface area contributed by atoms with Crippen molar-refractivity contribution < 1.29 is 18.1 Å². The molecule has 0 unspecified atom stereocenters. The van der Waals surface area contributed by atoms with E-state index in [1.54, 1.807) is 24.3 Å². The van der Waals surface area contributed by atoms with Gasteiger partial charge in [-0.2, -0.15) is 4.31 Å². The molecule has 0 radical (unpaired) electrons. The molecule has 4 rings (SSSR count). The Morgan fingerprint density at radius 1 is 0.938 bits per heavy atom. The van der Waals surface area contributed by atoms with Crippen LogP contribution in [0.25, 0.3) is 10.8 Å². The molecule has 0 atom stereocenters. The first-order valence-electron chi connectivity index (χ1n) is 10.1. The maximum atomic E-state index is 13.1. The zero-order valence-corrected chi connectivity index (χ0v) is 18.0. The minimum absolute atomic E-state index is 0.0759. The number of rotatable bonds is 6. The third-order valence-corrected chi connectivity index (χ3v) is 7.29. The SMILES string of the molecule is O=C(CN1CCN(S(=O)(=O)c2ccc3ccccc3c2)CC1)Nc1cccc([N+](=O)[O-])c1. The Kier molecular flexibility index (Phi) is 6.17. The van der Waals surface area contributed by atoms with Crippen LogP contribution in [-0.4, -0.2) is 61.2 Å². The average Bonchev–Trinajstić information content (AvgIpc) is 2.79. The number of anilines is 1. The maximum Gasteiger partial charge on any atom is 0.271 e. The minimum atomic E-state index is -3.62. The number of sulfonamides is 1.